The van der Waals surface area contributed by atoms with Gasteiger partial charge in [0.1, 0.15) is 17.3 Å². The van der Waals surface area contributed by atoms with E-state index in [0.717, 1.165) is 17.0 Å². The van der Waals surface area contributed by atoms with Crippen molar-refractivity contribution in [1.82, 2.24) is 4.98 Å². The Bertz CT molecular complexity index is 1270. The molecule has 2 aromatic heterocycles. The second-order valence-electron chi connectivity index (χ2n) is 8.50. The molecule has 0 spiro atoms. The molecule has 0 atom stereocenters. The summed E-state index contributed by atoms with van der Waals surface area (Å²) in [6.45, 7) is 7.46. The summed E-state index contributed by atoms with van der Waals surface area (Å²) in [5.74, 6) is 1.49. The van der Waals surface area contributed by atoms with E-state index in [4.69, 9.17) is 13.9 Å². The minimum absolute atomic E-state index is 0.435. The van der Waals surface area contributed by atoms with Crippen LogP contribution in [0, 0.1) is 13.8 Å². The van der Waals surface area contributed by atoms with E-state index < -0.39 is 11.6 Å². The van der Waals surface area contributed by atoms with E-state index in [1.807, 2.05) is 19.1 Å². The molecule has 7 heteroatoms. The Balaban J connectivity index is 1.34. The Morgan fingerprint density at radius 3 is 2.24 bits per heavy atom. The van der Waals surface area contributed by atoms with Gasteiger partial charge < -0.3 is 19.0 Å². The molecule has 0 saturated carbocycles. The van der Waals surface area contributed by atoms with Crippen LogP contribution < -0.4 is 9.47 Å². The molecule has 0 fully saturated rings. The molecule has 1 N–H and O–H groups in total. The van der Waals surface area contributed by atoms with E-state index in [2.05, 4.69) is 36.2 Å². The standard InChI is InChI=1S/C27H27NO5S/c1-17-5-14-24(34-17)19-6-8-20(9-7-19)25-28-23(18(2)32-25)15-16-31-21-10-12-22(13-11-21)33-27(3,4)26(29)30/h5-14H,15-16H2,1-4H3,(H,29,30). The SMILES string of the molecule is Cc1ccc(-c2ccc(-c3nc(CCOc4ccc(OC(C)(C)C(=O)O)cc4)c(C)o3)cc2)s1. The molecule has 0 aliphatic carbocycles. The van der Waals surface area contributed by atoms with Gasteiger partial charge in [0.2, 0.25) is 5.89 Å². The van der Waals surface area contributed by atoms with Crippen LogP contribution in [-0.4, -0.2) is 28.3 Å². The highest BCUT2D eigenvalue weighted by atomic mass is 32.1. The van der Waals surface area contributed by atoms with Crippen LogP contribution >= 0.6 is 11.3 Å². The average Bonchev–Trinajstić information content (AvgIpc) is 3.40. The number of carbonyl (C=O) groups is 1. The number of carboxylic acids is 1. The van der Waals surface area contributed by atoms with Gasteiger partial charge in [-0.25, -0.2) is 9.78 Å². The number of aliphatic carboxylic acids is 1. The van der Waals surface area contributed by atoms with Crippen molar-refractivity contribution in [2.45, 2.75) is 39.7 Å². The number of hydrogen-bond acceptors (Lipinski definition) is 6. The fourth-order valence-corrected chi connectivity index (χ4v) is 4.23. The highest BCUT2D eigenvalue weighted by Gasteiger charge is 2.29. The lowest BCUT2D eigenvalue weighted by molar-refractivity contribution is -0.152. The number of ether oxygens (including phenoxy) is 2. The van der Waals surface area contributed by atoms with E-state index in [1.54, 1.807) is 35.6 Å². The smallest absolute Gasteiger partial charge is 0.347 e. The summed E-state index contributed by atoms with van der Waals surface area (Å²) in [5, 5.41) is 9.18. The molecule has 4 aromatic rings. The summed E-state index contributed by atoms with van der Waals surface area (Å²) in [4.78, 5) is 18.4. The number of nitrogens with zero attached hydrogens (tertiary/aromatic N) is 1. The molecule has 0 unspecified atom stereocenters. The molecular weight excluding hydrogens is 450 g/mol. The van der Waals surface area contributed by atoms with E-state index in [0.29, 0.717) is 30.4 Å². The topological polar surface area (TPSA) is 81.8 Å². The molecule has 2 aromatic carbocycles. The fraction of sp³-hybridized carbons (Fsp3) is 0.259. The van der Waals surface area contributed by atoms with Crippen molar-refractivity contribution >= 4 is 17.3 Å². The summed E-state index contributed by atoms with van der Waals surface area (Å²) >= 11 is 1.78. The first kappa shape index (κ1) is 23.6. The monoisotopic (exact) mass is 477 g/mol. The third-order valence-electron chi connectivity index (χ3n) is 5.37. The molecule has 0 saturated heterocycles. The van der Waals surface area contributed by atoms with E-state index >= 15 is 0 Å². The lowest BCUT2D eigenvalue weighted by Crippen LogP contribution is -2.37. The van der Waals surface area contributed by atoms with Crippen LogP contribution in [0.1, 0.15) is 30.2 Å². The van der Waals surface area contributed by atoms with Crippen LogP contribution in [0.15, 0.2) is 65.1 Å². The molecule has 0 bridgehead atoms. The van der Waals surface area contributed by atoms with Gasteiger partial charge in [0.25, 0.3) is 0 Å². The molecule has 4 rings (SSSR count). The molecular formula is C27H27NO5S. The summed E-state index contributed by atoms with van der Waals surface area (Å²) in [5.41, 5.74) is 1.68. The zero-order chi connectivity index (χ0) is 24.3. The van der Waals surface area contributed by atoms with Gasteiger partial charge in [-0.05, 0) is 81.8 Å². The lowest BCUT2D eigenvalue weighted by atomic mass is 10.1. The Morgan fingerprint density at radius 2 is 1.62 bits per heavy atom. The Labute approximate surface area is 202 Å². The van der Waals surface area contributed by atoms with Crippen molar-refractivity contribution in [2.75, 3.05) is 6.61 Å². The quantitative estimate of drug-likeness (QED) is 0.294. The molecule has 0 aliphatic rings. The number of rotatable bonds is 9. The van der Waals surface area contributed by atoms with Crippen molar-refractivity contribution in [2.24, 2.45) is 0 Å². The van der Waals surface area contributed by atoms with E-state index in [9.17, 15) is 9.90 Å². The Morgan fingerprint density at radius 1 is 0.971 bits per heavy atom. The van der Waals surface area contributed by atoms with Crippen molar-refractivity contribution < 1.29 is 23.8 Å². The van der Waals surface area contributed by atoms with E-state index in [-0.39, 0.29) is 0 Å². The lowest BCUT2D eigenvalue weighted by Gasteiger charge is -2.21. The summed E-state index contributed by atoms with van der Waals surface area (Å²) in [6, 6.07) is 19.4. The van der Waals surface area contributed by atoms with Crippen LogP contribution in [0.5, 0.6) is 11.5 Å². The number of benzene rings is 2. The van der Waals surface area contributed by atoms with Gasteiger partial charge >= 0.3 is 5.97 Å². The predicted octanol–water partition coefficient (Wildman–Crippen LogP) is 6.55. The summed E-state index contributed by atoms with van der Waals surface area (Å²) in [7, 11) is 0. The van der Waals surface area contributed by atoms with Gasteiger partial charge in [0.15, 0.2) is 5.60 Å². The molecule has 176 valence electrons. The maximum absolute atomic E-state index is 11.2. The molecule has 2 heterocycles. The van der Waals surface area contributed by atoms with Gasteiger partial charge in [-0.15, -0.1) is 11.3 Å². The van der Waals surface area contributed by atoms with Crippen molar-refractivity contribution in [3.05, 3.63) is 77.0 Å². The minimum Gasteiger partial charge on any atom is -0.493 e. The third kappa shape index (κ3) is 5.48. The number of thiophene rings is 1. The van der Waals surface area contributed by atoms with Crippen LogP contribution in [0.2, 0.25) is 0 Å². The first-order chi connectivity index (χ1) is 16.2. The maximum atomic E-state index is 11.2. The van der Waals surface area contributed by atoms with Crippen LogP contribution in [0.4, 0.5) is 0 Å². The summed E-state index contributed by atoms with van der Waals surface area (Å²) in [6.07, 6.45) is 0.603. The second-order valence-corrected chi connectivity index (χ2v) is 9.78. The number of carboxylic acid groups (broad SMARTS) is 1. The normalized spacial score (nSPS) is 11.4. The first-order valence-corrected chi connectivity index (χ1v) is 11.8. The van der Waals surface area contributed by atoms with Crippen molar-refractivity contribution in [3.8, 4) is 33.4 Å². The van der Waals surface area contributed by atoms with E-state index in [1.165, 1.54) is 29.2 Å². The molecule has 0 radical (unpaired) electrons. The van der Waals surface area contributed by atoms with Crippen molar-refractivity contribution in [1.29, 1.82) is 0 Å². The van der Waals surface area contributed by atoms with Gasteiger partial charge in [-0.2, -0.15) is 0 Å². The van der Waals surface area contributed by atoms with Crippen LogP contribution in [-0.2, 0) is 11.2 Å². The third-order valence-corrected chi connectivity index (χ3v) is 6.42. The van der Waals surface area contributed by atoms with Gasteiger partial charge in [0.05, 0.1) is 12.3 Å². The number of aromatic nitrogens is 1. The van der Waals surface area contributed by atoms with Crippen LogP contribution in [0.3, 0.4) is 0 Å². The zero-order valence-corrected chi connectivity index (χ0v) is 20.4. The molecule has 34 heavy (non-hydrogen) atoms. The summed E-state index contributed by atoms with van der Waals surface area (Å²) < 4.78 is 17.2. The number of aryl methyl sites for hydroxylation is 2. The highest BCUT2D eigenvalue weighted by Crippen LogP contribution is 2.30. The minimum atomic E-state index is -1.30. The number of hydrogen-bond donors (Lipinski definition) is 1. The Hall–Kier alpha value is -3.58. The van der Waals surface area contributed by atoms with Gasteiger partial charge in [-0.3, -0.25) is 0 Å². The fourth-order valence-electron chi connectivity index (χ4n) is 3.36. The van der Waals surface area contributed by atoms with Gasteiger partial charge in [-0.1, -0.05) is 12.1 Å². The zero-order valence-electron chi connectivity index (χ0n) is 19.6. The molecule has 0 aliphatic heterocycles. The average molecular weight is 478 g/mol. The Kier molecular flexibility index (Phi) is 6.75. The first-order valence-electron chi connectivity index (χ1n) is 11.0. The number of oxazole rings is 1. The predicted molar refractivity (Wildman–Crippen MR) is 133 cm³/mol. The second kappa shape index (κ2) is 9.73. The molecule has 6 nitrogen and oxygen atoms in total. The largest absolute Gasteiger partial charge is 0.493 e. The van der Waals surface area contributed by atoms with Crippen LogP contribution in [0.25, 0.3) is 21.9 Å². The maximum Gasteiger partial charge on any atom is 0.347 e. The van der Waals surface area contributed by atoms with Gasteiger partial charge in [0, 0.05) is 21.7 Å². The van der Waals surface area contributed by atoms with Crippen molar-refractivity contribution in [3.63, 3.8) is 0 Å². The molecule has 0 amide bonds. The highest BCUT2D eigenvalue weighted by molar-refractivity contribution is 7.15.